The highest BCUT2D eigenvalue weighted by Crippen LogP contribution is 2.15. The summed E-state index contributed by atoms with van der Waals surface area (Å²) in [4.78, 5) is 30.4. The van der Waals surface area contributed by atoms with Crippen LogP contribution in [0.1, 0.15) is 16.8 Å². The first-order valence-corrected chi connectivity index (χ1v) is 10.3. The Morgan fingerprint density at radius 2 is 1.84 bits per heavy atom. The normalized spacial score (nSPS) is 14.7. The Morgan fingerprint density at radius 3 is 2.61 bits per heavy atom. The quantitative estimate of drug-likeness (QED) is 0.677. The molecule has 1 heterocycles. The maximum absolute atomic E-state index is 13.6. The Kier molecular flexibility index (Phi) is 7.94. The predicted octanol–water partition coefficient (Wildman–Crippen LogP) is 2.65. The van der Waals surface area contributed by atoms with Crippen molar-refractivity contribution in [1.82, 2.24) is 14.7 Å². The van der Waals surface area contributed by atoms with Crippen molar-refractivity contribution in [3.63, 3.8) is 0 Å². The fraction of sp³-hybridized carbons (Fsp3) is 0.391. The van der Waals surface area contributed by atoms with Gasteiger partial charge in [0.1, 0.15) is 12.4 Å². The van der Waals surface area contributed by atoms with Crippen molar-refractivity contribution in [2.45, 2.75) is 6.42 Å². The molecule has 3 rings (SSSR count). The Bertz CT molecular complexity index is 909. The van der Waals surface area contributed by atoms with E-state index < -0.39 is 11.6 Å². The molecule has 0 unspecified atom stereocenters. The van der Waals surface area contributed by atoms with E-state index in [4.69, 9.17) is 4.74 Å². The fourth-order valence-corrected chi connectivity index (χ4v) is 3.43. The van der Waals surface area contributed by atoms with Crippen LogP contribution >= 0.6 is 0 Å². The average Bonchev–Trinajstić information content (AvgIpc) is 3.00. The largest absolute Gasteiger partial charge is 0.489 e. The molecule has 0 aliphatic carbocycles. The summed E-state index contributed by atoms with van der Waals surface area (Å²) in [7, 11) is 1.69. The van der Waals surface area contributed by atoms with Crippen molar-refractivity contribution >= 4 is 11.8 Å². The number of hydrogen-bond acceptors (Lipinski definition) is 4. The van der Waals surface area contributed by atoms with Crippen LogP contribution in [0.15, 0.2) is 48.5 Å². The molecule has 166 valence electrons. The number of nitrogens with zero attached hydrogens (tertiary/aromatic N) is 3. The molecule has 2 amide bonds. The molecule has 0 spiro atoms. The van der Waals surface area contributed by atoms with Crippen molar-refractivity contribution < 1.29 is 23.1 Å². The number of hydrogen-bond donors (Lipinski definition) is 0. The van der Waals surface area contributed by atoms with Gasteiger partial charge in [-0.25, -0.2) is 8.78 Å². The number of halogens is 2. The van der Waals surface area contributed by atoms with Crippen LogP contribution in [-0.2, 0) is 4.79 Å². The third kappa shape index (κ3) is 6.49. The first kappa shape index (κ1) is 22.7. The first-order valence-electron chi connectivity index (χ1n) is 10.3. The van der Waals surface area contributed by atoms with E-state index in [1.54, 1.807) is 41.1 Å². The predicted molar refractivity (Wildman–Crippen MR) is 113 cm³/mol. The maximum atomic E-state index is 13.6. The van der Waals surface area contributed by atoms with Gasteiger partial charge in [-0.3, -0.25) is 14.5 Å². The van der Waals surface area contributed by atoms with E-state index in [1.807, 2.05) is 4.90 Å². The van der Waals surface area contributed by atoms with Gasteiger partial charge in [0.2, 0.25) is 5.91 Å². The SMILES string of the molecule is CN(CCOc1ccccc1F)C(=O)CN1CCCN(C(=O)c2cccc(F)c2)CC1. The highest BCUT2D eigenvalue weighted by Gasteiger charge is 2.22. The Morgan fingerprint density at radius 1 is 1.03 bits per heavy atom. The summed E-state index contributed by atoms with van der Waals surface area (Å²) in [6.45, 7) is 3.06. The van der Waals surface area contributed by atoms with Gasteiger partial charge in [-0.05, 0) is 36.8 Å². The smallest absolute Gasteiger partial charge is 0.254 e. The second-order valence-electron chi connectivity index (χ2n) is 7.53. The van der Waals surface area contributed by atoms with Gasteiger partial charge < -0.3 is 14.5 Å². The van der Waals surface area contributed by atoms with Crippen molar-refractivity contribution in [3.8, 4) is 5.75 Å². The third-order valence-electron chi connectivity index (χ3n) is 5.25. The Balaban J connectivity index is 1.44. The van der Waals surface area contributed by atoms with E-state index in [2.05, 4.69) is 0 Å². The molecule has 8 heteroatoms. The lowest BCUT2D eigenvalue weighted by molar-refractivity contribution is -0.131. The summed E-state index contributed by atoms with van der Waals surface area (Å²) >= 11 is 0. The zero-order valence-corrected chi connectivity index (χ0v) is 17.6. The van der Waals surface area contributed by atoms with E-state index in [9.17, 15) is 18.4 Å². The number of benzene rings is 2. The molecule has 0 atom stereocenters. The van der Waals surface area contributed by atoms with Crippen LogP contribution in [0.5, 0.6) is 5.75 Å². The molecule has 0 bridgehead atoms. The molecule has 1 aliphatic heterocycles. The minimum Gasteiger partial charge on any atom is -0.489 e. The van der Waals surface area contributed by atoms with E-state index in [-0.39, 0.29) is 30.7 Å². The van der Waals surface area contributed by atoms with Crippen LogP contribution in [0.2, 0.25) is 0 Å². The van der Waals surface area contributed by atoms with Crippen LogP contribution in [0, 0.1) is 11.6 Å². The van der Waals surface area contributed by atoms with E-state index in [1.165, 1.54) is 24.3 Å². The monoisotopic (exact) mass is 431 g/mol. The number of carbonyl (C=O) groups excluding carboxylic acids is 2. The topological polar surface area (TPSA) is 53.1 Å². The summed E-state index contributed by atoms with van der Waals surface area (Å²) < 4.78 is 32.4. The van der Waals surface area contributed by atoms with Gasteiger partial charge in [0, 0.05) is 38.8 Å². The number of rotatable bonds is 7. The molecule has 1 fully saturated rings. The van der Waals surface area contributed by atoms with Gasteiger partial charge in [0.05, 0.1) is 13.1 Å². The van der Waals surface area contributed by atoms with Gasteiger partial charge in [0.15, 0.2) is 11.6 Å². The summed E-state index contributed by atoms with van der Waals surface area (Å²) in [6, 6.07) is 11.8. The third-order valence-corrected chi connectivity index (χ3v) is 5.25. The van der Waals surface area contributed by atoms with E-state index in [0.717, 1.165) is 6.42 Å². The van der Waals surface area contributed by atoms with Crippen molar-refractivity contribution in [1.29, 1.82) is 0 Å². The molecule has 2 aromatic rings. The van der Waals surface area contributed by atoms with Crippen LogP contribution in [-0.4, -0.2) is 79.4 Å². The number of likely N-dealkylation sites (N-methyl/N-ethyl adjacent to an activating group) is 1. The van der Waals surface area contributed by atoms with Crippen molar-refractivity contribution in [2.24, 2.45) is 0 Å². The van der Waals surface area contributed by atoms with Crippen LogP contribution < -0.4 is 4.74 Å². The van der Waals surface area contributed by atoms with Gasteiger partial charge in [-0.1, -0.05) is 18.2 Å². The zero-order chi connectivity index (χ0) is 22.2. The molecular weight excluding hydrogens is 404 g/mol. The molecule has 6 nitrogen and oxygen atoms in total. The zero-order valence-electron chi connectivity index (χ0n) is 17.6. The lowest BCUT2D eigenvalue weighted by Gasteiger charge is -2.24. The fourth-order valence-electron chi connectivity index (χ4n) is 3.43. The second-order valence-corrected chi connectivity index (χ2v) is 7.53. The molecule has 0 aromatic heterocycles. The minimum absolute atomic E-state index is 0.0676. The molecule has 31 heavy (non-hydrogen) atoms. The highest BCUT2D eigenvalue weighted by atomic mass is 19.1. The first-order chi connectivity index (χ1) is 14.9. The van der Waals surface area contributed by atoms with Gasteiger partial charge in [-0.2, -0.15) is 0 Å². The van der Waals surface area contributed by atoms with E-state index >= 15 is 0 Å². The summed E-state index contributed by atoms with van der Waals surface area (Å²) in [5, 5.41) is 0. The maximum Gasteiger partial charge on any atom is 0.254 e. The molecule has 1 saturated heterocycles. The Labute approximate surface area is 181 Å². The van der Waals surface area contributed by atoms with Gasteiger partial charge in [0.25, 0.3) is 5.91 Å². The second kappa shape index (κ2) is 10.9. The van der Waals surface area contributed by atoms with Crippen LogP contribution in [0.3, 0.4) is 0 Å². The number of amides is 2. The Hall–Kier alpha value is -3.00. The summed E-state index contributed by atoms with van der Waals surface area (Å²) in [5.74, 6) is -0.968. The molecule has 0 radical (unpaired) electrons. The average molecular weight is 431 g/mol. The molecular formula is C23H27F2N3O3. The standard InChI is InChI=1S/C23H27F2N3O3/c1-26(14-15-31-21-9-3-2-8-20(21)25)22(29)17-27-10-5-11-28(13-12-27)23(30)18-6-4-7-19(24)16-18/h2-4,6-9,16H,5,10-15,17H2,1H3. The van der Waals surface area contributed by atoms with E-state index in [0.29, 0.717) is 38.3 Å². The van der Waals surface area contributed by atoms with Gasteiger partial charge >= 0.3 is 0 Å². The molecule has 0 saturated carbocycles. The lowest BCUT2D eigenvalue weighted by atomic mass is 10.2. The highest BCUT2D eigenvalue weighted by molar-refractivity contribution is 5.94. The minimum atomic E-state index is -0.435. The van der Waals surface area contributed by atoms with Gasteiger partial charge in [-0.15, -0.1) is 0 Å². The number of carbonyl (C=O) groups is 2. The molecule has 0 N–H and O–H groups in total. The number of ether oxygens (including phenoxy) is 1. The lowest BCUT2D eigenvalue weighted by Crippen LogP contribution is -2.41. The number of para-hydroxylation sites is 1. The van der Waals surface area contributed by atoms with Crippen molar-refractivity contribution in [3.05, 3.63) is 65.7 Å². The van der Waals surface area contributed by atoms with Crippen LogP contribution in [0.25, 0.3) is 0 Å². The summed E-state index contributed by atoms with van der Waals surface area (Å²) in [6.07, 6.45) is 0.731. The molecule has 2 aromatic carbocycles. The summed E-state index contributed by atoms with van der Waals surface area (Å²) in [5.41, 5.74) is 0.333. The van der Waals surface area contributed by atoms with Crippen molar-refractivity contribution in [2.75, 3.05) is 52.9 Å². The van der Waals surface area contributed by atoms with Crippen LogP contribution in [0.4, 0.5) is 8.78 Å². The molecule has 1 aliphatic rings.